The summed E-state index contributed by atoms with van der Waals surface area (Å²) in [5.74, 6) is -1.36. The highest BCUT2D eigenvalue weighted by Gasteiger charge is 2.33. The van der Waals surface area contributed by atoms with Crippen LogP contribution in [0.4, 0.5) is 0 Å². The van der Waals surface area contributed by atoms with E-state index < -0.39 is 21.8 Å². The van der Waals surface area contributed by atoms with Gasteiger partial charge in [0.25, 0.3) is 0 Å². The maximum absolute atomic E-state index is 12.9. The van der Waals surface area contributed by atoms with Gasteiger partial charge in [-0.25, -0.2) is 8.42 Å². The van der Waals surface area contributed by atoms with Crippen LogP contribution < -0.4 is 10.6 Å². The average molecular weight is 381 g/mol. The minimum Gasteiger partial charge on any atom is -0.348 e. The largest absolute Gasteiger partial charge is 0.348 e. The van der Waals surface area contributed by atoms with Gasteiger partial charge in [-0.05, 0) is 45.2 Å². The maximum Gasteiger partial charge on any atom is 0.309 e. The zero-order valence-corrected chi connectivity index (χ0v) is 16.1. The average Bonchev–Trinajstić information content (AvgIpc) is 2.62. The molecule has 1 aliphatic rings. The Labute approximate surface area is 155 Å². The van der Waals surface area contributed by atoms with Crippen LogP contribution in [0.1, 0.15) is 39.5 Å². The quantitative estimate of drug-likeness (QED) is 0.725. The lowest BCUT2D eigenvalue weighted by Crippen LogP contribution is -2.47. The van der Waals surface area contributed by atoms with Crippen molar-refractivity contribution in [3.63, 3.8) is 0 Å². The lowest BCUT2D eigenvalue weighted by molar-refractivity contribution is -0.139. The predicted molar refractivity (Wildman–Crippen MR) is 98.9 cm³/mol. The van der Waals surface area contributed by atoms with Crippen molar-refractivity contribution in [2.45, 2.75) is 56.5 Å². The summed E-state index contributed by atoms with van der Waals surface area (Å²) in [4.78, 5) is 23.7. The molecule has 1 aromatic carbocycles. The van der Waals surface area contributed by atoms with Crippen LogP contribution in [0.15, 0.2) is 35.2 Å². The lowest BCUT2D eigenvalue weighted by Gasteiger charge is -2.34. The van der Waals surface area contributed by atoms with E-state index in [9.17, 15) is 18.0 Å². The fourth-order valence-electron chi connectivity index (χ4n) is 3.07. The van der Waals surface area contributed by atoms with Crippen molar-refractivity contribution >= 4 is 21.8 Å². The molecule has 0 unspecified atom stereocenters. The standard InChI is InChI=1S/C18H27N3O4S/c1-14(2)20-18(23)17(22)19-12-11-15-8-6-7-13-21(15)26(24,25)16-9-4-3-5-10-16/h3-5,9-10,14-15H,6-8,11-13H2,1-2H3,(H,19,22)(H,20,23)/t15-/m0/s1. The summed E-state index contributed by atoms with van der Waals surface area (Å²) in [6, 6.07) is 8.10. The minimum atomic E-state index is -3.55. The third-order valence-corrected chi connectivity index (χ3v) is 6.28. The molecule has 2 rings (SSSR count). The first-order chi connectivity index (χ1) is 12.3. The predicted octanol–water partition coefficient (Wildman–Crippen LogP) is 1.26. The molecular weight excluding hydrogens is 354 g/mol. The third-order valence-electron chi connectivity index (χ3n) is 4.31. The van der Waals surface area contributed by atoms with Crippen molar-refractivity contribution in [1.29, 1.82) is 0 Å². The SMILES string of the molecule is CC(C)NC(=O)C(=O)NCC[C@@H]1CCCCN1S(=O)(=O)c1ccccc1. The van der Waals surface area contributed by atoms with E-state index in [1.54, 1.807) is 44.2 Å². The number of benzene rings is 1. The van der Waals surface area contributed by atoms with Crippen LogP contribution in [0.3, 0.4) is 0 Å². The topological polar surface area (TPSA) is 95.6 Å². The number of piperidine rings is 1. The Balaban J connectivity index is 1.97. The van der Waals surface area contributed by atoms with Crippen molar-refractivity contribution in [1.82, 2.24) is 14.9 Å². The van der Waals surface area contributed by atoms with E-state index in [1.807, 2.05) is 0 Å². The molecule has 1 fully saturated rings. The molecule has 0 bridgehead atoms. The number of nitrogens with zero attached hydrogens (tertiary/aromatic N) is 1. The molecule has 1 atom stereocenters. The van der Waals surface area contributed by atoms with Gasteiger partial charge in [0.05, 0.1) is 4.90 Å². The molecule has 26 heavy (non-hydrogen) atoms. The summed E-state index contributed by atoms with van der Waals surface area (Å²) >= 11 is 0. The number of sulfonamides is 1. The summed E-state index contributed by atoms with van der Waals surface area (Å²) in [6.07, 6.45) is 3.01. The van der Waals surface area contributed by atoms with Gasteiger partial charge < -0.3 is 10.6 Å². The molecule has 1 heterocycles. The van der Waals surface area contributed by atoms with Gasteiger partial charge in [0.2, 0.25) is 10.0 Å². The number of rotatable bonds is 6. The molecule has 144 valence electrons. The number of amides is 2. The maximum atomic E-state index is 12.9. The number of carbonyl (C=O) groups excluding carboxylic acids is 2. The monoisotopic (exact) mass is 381 g/mol. The Morgan fingerprint density at radius 2 is 1.85 bits per heavy atom. The fourth-order valence-corrected chi connectivity index (χ4v) is 4.81. The van der Waals surface area contributed by atoms with E-state index in [1.165, 1.54) is 4.31 Å². The van der Waals surface area contributed by atoms with Crippen LogP contribution in [-0.2, 0) is 19.6 Å². The molecule has 1 aromatic rings. The molecule has 0 aliphatic carbocycles. The van der Waals surface area contributed by atoms with Crippen molar-refractivity contribution in [2.75, 3.05) is 13.1 Å². The second-order valence-corrected chi connectivity index (χ2v) is 8.64. The summed E-state index contributed by atoms with van der Waals surface area (Å²) in [5.41, 5.74) is 0. The van der Waals surface area contributed by atoms with E-state index >= 15 is 0 Å². The molecule has 0 saturated carbocycles. The Morgan fingerprint density at radius 3 is 2.50 bits per heavy atom. The van der Waals surface area contributed by atoms with Crippen LogP contribution in [0, 0.1) is 0 Å². The first kappa shape index (κ1) is 20.4. The van der Waals surface area contributed by atoms with Crippen molar-refractivity contribution in [3.05, 3.63) is 30.3 Å². The van der Waals surface area contributed by atoms with Crippen molar-refractivity contribution in [2.24, 2.45) is 0 Å². The second-order valence-electron chi connectivity index (χ2n) is 6.75. The van der Waals surface area contributed by atoms with Gasteiger partial charge in [-0.1, -0.05) is 24.6 Å². The third kappa shape index (κ3) is 5.28. The number of nitrogens with one attached hydrogen (secondary N) is 2. The number of hydrogen-bond acceptors (Lipinski definition) is 4. The molecule has 1 aliphatic heterocycles. The zero-order chi connectivity index (χ0) is 19.2. The smallest absolute Gasteiger partial charge is 0.309 e. The Bertz CT molecular complexity index is 719. The minimum absolute atomic E-state index is 0.113. The Morgan fingerprint density at radius 1 is 1.15 bits per heavy atom. The van der Waals surface area contributed by atoms with Gasteiger partial charge >= 0.3 is 11.8 Å². The second kappa shape index (κ2) is 9.14. The molecule has 8 heteroatoms. The van der Waals surface area contributed by atoms with Crippen LogP contribution in [-0.4, -0.2) is 49.7 Å². The molecular formula is C18H27N3O4S. The number of carbonyl (C=O) groups is 2. The highest BCUT2D eigenvalue weighted by molar-refractivity contribution is 7.89. The van der Waals surface area contributed by atoms with Gasteiger partial charge in [0, 0.05) is 25.2 Å². The molecule has 0 spiro atoms. The van der Waals surface area contributed by atoms with Crippen LogP contribution >= 0.6 is 0 Å². The fraction of sp³-hybridized carbons (Fsp3) is 0.556. The van der Waals surface area contributed by atoms with E-state index in [-0.39, 0.29) is 23.5 Å². The highest BCUT2D eigenvalue weighted by atomic mass is 32.2. The van der Waals surface area contributed by atoms with Crippen LogP contribution in [0.25, 0.3) is 0 Å². The van der Waals surface area contributed by atoms with E-state index in [0.717, 1.165) is 19.3 Å². The number of hydrogen-bond donors (Lipinski definition) is 2. The molecule has 1 saturated heterocycles. The van der Waals surface area contributed by atoms with Gasteiger partial charge in [0.1, 0.15) is 0 Å². The normalized spacial score (nSPS) is 18.5. The summed E-state index contributed by atoms with van der Waals surface area (Å²) < 4.78 is 27.3. The molecule has 2 N–H and O–H groups in total. The van der Waals surface area contributed by atoms with Gasteiger partial charge in [-0.15, -0.1) is 0 Å². The summed E-state index contributed by atoms with van der Waals surface area (Å²) in [7, 11) is -3.55. The molecule has 7 nitrogen and oxygen atoms in total. The van der Waals surface area contributed by atoms with E-state index in [0.29, 0.717) is 13.0 Å². The molecule has 2 amide bonds. The van der Waals surface area contributed by atoms with E-state index in [2.05, 4.69) is 10.6 Å². The van der Waals surface area contributed by atoms with Crippen molar-refractivity contribution < 1.29 is 18.0 Å². The lowest BCUT2D eigenvalue weighted by atomic mass is 10.0. The summed E-state index contributed by atoms with van der Waals surface area (Å²) in [5, 5.41) is 5.10. The zero-order valence-electron chi connectivity index (χ0n) is 15.3. The van der Waals surface area contributed by atoms with Crippen LogP contribution in [0.5, 0.6) is 0 Å². The van der Waals surface area contributed by atoms with E-state index in [4.69, 9.17) is 0 Å². The van der Waals surface area contributed by atoms with Gasteiger partial charge in [-0.3, -0.25) is 9.59 Å². The van der Waals surface area contributed by atoms with Crippen molar-refractivity contribution in [3.8, 4) is 0 Å². The molecule has 0 radical (unpaired) electrons. The summed E-state index contributed by atoms with van der Waals surface area (Å²) in [6.45, 7) is 4.29. The molecule has 0 aromatic heterocycles. The van der Waals surface area contributed by atoms with Crippen LogP contribution in [0.2, 0.25) is 0 Å². The Hall–Kier alpha value is -1.93. The highest BCUT2D eigenvalue weighted by Crippen LogP contribution is 2.26. The first-order valence-electron chi connectivity index (χ1n) is 8.98. The van der Waals surface area contributed by atoms with Gasteiger partial charge in [0.15, 0.2) is 0 Å². The van der Waals surface area contributed by atoms with Gasteiger partial charge in [-0.2, -0.15) is 4.31 Å². The Kier molecular flexibility index (Phi) is 7.16. The first-order valence-corrected chi connectivity index (χ1v) is 10.4.